The average Bonchev–Trinajstić information content (AvgIpc) is 2.09. The van der Waals surface area contributed by atoms with E-state index in [0.717, 1.165) is 22.3 Å². The van der Waals surface area contributed by atoms with Crippen molar-refractivity contribution in [2.75, 3.05) is 11.2 Å². The molecule has 0 aliphatic heterocycles. The molecule has 1 heterocycles. The molecule has 0 atom stereocenters. The SMILES string of the molecule is Cc1cnc(NC(C)(C)CCCl)c(Br)c1. The van der Waals surface area contributed by atoms with Gasteiger partial charge in [-0.15, -0.1) is 11.6 Å². The van der Waals surface area contributed by atoms with Gasteiger partial charge in [-0.25, -0.2) is 4.98 Å². The van der Waals surface area contributed by atoms with Gasteiger partial charge in [0.1, 0.15) is 5.82 Å². The Morgan fingerprint density at radius 2 is 2.20 bits per heavy atom. The molecule has 0 spiro atoms. The van der Waals surface area contributed by atoms with E-state index in [1.165, 1.54) is 0 Å². The fourth-order valence-electron chi connectivity index (χ4n) is 1.24. The van der Waals surface area contributed by atoms with E-state index in [0.29, 0.717) is 5.88 Å². The van der Waals surface area contributed by atoms with Crippen molar-refractivity contribution in [2.45, 2.75) is 32.7 Å². The van der Waals surface area contributed by atoms with E-state index in [1.54, 1.807) is 0 Å². The first-order valence-corrected chi connectivity index (χ1v) is 6.24. The van der Waals surface area contributed by atoms with E-state index < -0.39 is 0 Å². The summed E-state index contributed by atoms with van der Waals surface area (Å²) in [7, 11) is 0. The van der Waals surface area contributed by atoms with Crippen LogP contribution in [0, 0.1) is 6.92 Å². The number of aryl methyl sites for hydroxylation is 1. The molecule has 0 fully saturated rings. The van der Waals surface area contributed by atoms with Gasteiger partial charge in [-0.05, 0) is 54.8 Å². The lowest BCUT2D eigenvalue weighted by Gasteiger charge is -2.26. The van der Waals surface area contributed by atoms with Gasteiger partial charge in [0.05, 0.1) is 4.47 Å². The zero-order chi connectivity index (χ0) is 11.5. The lowest BCUT2D eigenvalue weighted by Crippen LogP contribution is -2.31. The molecule has 84 valence electrons. The summed E-state index contributed by atoms with van der Waals surface area (Å²) < 4.78 is 0.991. The molecule has 2 nitrogen and oxygen atoms in total. The molecule has 4 heteroatoms. The van der Waals surface area contributed by atoms with Gasteiger partial charge >= 0.3 is 0 Å². The Labute approximate surface area is 105 Å². The molecule has 1 N–H and O–H groups in total. The van der Waals surface area contributed by atoms with Gasteiger partial charge in [-0.1, -0.05) is 0 Å². The van der Waals surface area contributed by atoms with Crippen LogP contribution in [-0.2, 0) is 0 Å². The average molecular weight is 292 g/mol. The first-order chi connectivity index (χ1) is 6.94. The molecule has 0 unspecified atom stereocenters. The summed E-state index contributed by atoms with van der Waals surface area (Å²) >= 11 is 9.24. The monoisotopic (exact) mass is 290 g/mol. The maximum Gasteiger partial charge on any atom is 0.140 e. The predicted octanol–water partition coefficient (Wildman–Crippen LogP) is 3.97. The molecule has 1 rings (SSSR count). The van der Waals surface area contributed by atoms with Gasteiger partial charge in [-0.3, -0.25) is 0 Å². The quantitative estimate of drug-likeness (QED) is 0.849. The van der Waals surface area contributed by atoms with Crippen LogP contribution in [0.4, 0.5) is 5.82 Å². The summed E-state index contributed by atoms with van der Waals surface area (Å²) in [6.45, 7) is 6.25. The first-order valence-electron chi connectivity index (χ1n) is 4.91. The van der Waals surface area contributed by atoms with Gasteiger partial charge in [0, 0.05) is 17.6 Å². The molecule has 0 aliphatic rings. The number of rotatable bonds is 4. The summed E-state index contributed by atoms with van der Waals surface area (Å²) in [5, 5.41) is 3.37. The maximum atomic E-state index is 5.75. The highest BCUT2D eigenvalue weighted by Gasteiger charge is 2.18. The van der Waals surface area contributed by atoms with Crippen LogP contribution in [0.25, 0.3) is 0 Å². The number of hydrogen-bond acceptors (Lipinski definition) is 2. The number of anilines is 1. The fourth-order valence-corrected chi connectivity index (χ4v) is 2.28. The topological polar surface area (TPSA) is 24.9 Å². The van der Waals surface area contributed by atoms with Crippen molar-refractivity contribution in [3.63, 3.8) is 0 Å². The summed E-state index contributed by atoms with van der Waals surface area (Å²) in [4.78, 5) is 4.34. The van der Waals surface area contributed by atoms with Crippen molar-refractivity contribution in [3.8, 4) is 0 Å². The molecule has 0 aromatic carbocycles. The highest BCUT2D eigenvalue weighted by Crippen LogP contribution is 2.25. The lowest BCUT2D eigenvalue weighted by molar-refractivity contribution is 0.547. The van der Waals surface area contributed by atoms with Crippen LogP contribution in [0.2, 0.25) is 0 Å². The van der Waals surface area contributed by atoms with E-state index in [-0.39, 0.29) is 5.54 Å². The first kappa shape index (κ1) is 12.8. The standard InChI is InChI=1S/C11H16BrClN2/c1-8-6-9(12)10(14-7-8)15-11(2,3)4-5-13/h6-7H,4-5H2,1-3H3,(H,14,15). The minimum Gasteiger partial charge on any atom is -0.364 e. The Morgan fingerprint density at radius 3 is 2.73 bits per heavy atom. The zero-order valence-corrected chi connectivity index (χ0v) is 11.6. The van der Waals surface area contributed by atoms with Crippen molar-refractivity contribution in [2.24, 2.45) is 0 Å². The number of pyridine rings is 1. The van der Waals surface area contributed by atoms with Gasteiger partial charge in [-0.2, -0.15) is 0 Å². The second-order valence-corrected chi connectivity index (χ2v) is 5.52. The highest BCUT2D eigenvalue weighted by molar-refractivity contribution is 9.10. The molecule has 0 amide bonds. The maximum absolute atomic E-state index is 5.75. The minimum atomic E-state index is -0.0352. The van der Waals surface area contributed by atoms with Crippen LogP contribution in [0.3, 0.4) is 0 Å². The smallest absolute Gasteiger partial charge is 0.140 e. The number of nitrogens with one attached hydrogen (secondary N) is 1. The Balaban J connectivity index is 2.80. The molecular weight excluding hydrogens is 275 g/mol. The molecular formula is C11H16BrClN2. The van der Waals surface area contributed by atoms with Crippen LogP contribution in [0.15, 0.2) is 16.7 Å². The molecule has 0 aliphatic carbocycles. The Bertz CT molecular complexity index is 339. The third-order valence-electron chi connectivity index (χ3n) is 2.15. The van der Waals surface area contributed by atoms with Gasteiger partial charge in [0.15, 0.2) is 0 Å². The highest BCUT2D eigenvalue weighted by atomic mass is 79.9. The number of hydrogen-bond donors (Lipinski definition) is 1. The van der Waals surface area contributed by atoms with Crippen molar-refractivity contribution in [1.82, 2.24) is 4.98 Å². The molecule has 15 heavy (non-hydrogen) atoms. The molecule has 0 saturated carbocycles. The van der Waals surface area contributed by atoms with Crippen LogP contribution in [0.5, 0.6) is 0 Å². The Morgan fingerprint density at radius 1 is 1.53 bits per heavy atom. The summed E-state index contributed by atoms with van der Waals surface area (Å²) in [6.07, 6.45) is 2.75. The molecule has 0 radical (unpaired) electrons. The van der Waals surface area contributed by atoms with E-state index in [2.05, 4.69) is 40.1 Å². The van der Waals surface area contributed by atoms with Crippen molar-refractivity contribution < 1.29 is 0 Å². The summed E-state index contributed by atoms with van der Waals surface area (Å²) in [5.74, 6) is 1.51. The van der Waals surface area contributed by atoms with Gasteiger partial charge < -0.3 is 5.32 Å². The van der Waals surface area contributed by atoms with Crippen LogP contribution >= 0.6 is 27.5 Å². The van der Waals surface area contributed by atoms with Crippen LogP contribution < -0.4 is 5.32 Å². The normalized spacial score (nSPS) is 11.5. The van der Waals surface area contributed by atoms with E-state index >= 15 is 0 Å². The van der Waals surface area contributed by atoms with Crippen molar-refractivity contribution in [3.05, 3.63) is 22.3 Å². The van der Waals surface area contributed by atoms with E-state index in [1.807, 2.05) is 19.2 Å². The third kappa shape index (κ3) is 3.99. The number of aromatic nitrogens is 1. The predicted molar refractivity (Wildman–Crippen MR) is 69.7 cm³/mol. The molecule has 1 aromatic heterocycles. The van der Waals surface area contributed by atoms with Crippen LogP contribution in [0.1, 0.15) is 25.8 Å². The van der Waals surface area contributed by atoms with Gasteiger partial charge in [0.25, 0.3) is 0 Å². The molecule has 0 bridgehead atoms. The number of halogens is 2. The summed E-state index contributed by atoms with van der Waals surface area (Å²) in [5.41, 5.74) is 1.11. The van der Waals surface area contributed by atoms with Crippen LogP contribution in [-0.4, -0.2) is 16.4 Å². The second-order valence-electron chi connectivity index (χ2n) is 4.29. The third-order valence-corrected chi connectivity index (χ3v) is 2.95. The van der Waals surface area contributed by atoms with Crippen molar-refractivity contribution in [1.29, 1.82) is 0 Å². The molecule has 0 saturated heterocycles. The second kappa shape index (κ2) is 5.17. The van der Waals surface area contributed by atoms with E-state index in [9.17, 15) is 0 Å². The lowest BCUT2D eigenvalue weighted by atomic mass is 10.0. The Hall–Kier alpha value is -0.280. The summed E-state index contributed by atoms with van der Waals surface area (Å²) in [6, 6.07) is 2.05. The van der Waals surface area contributed by atoms with Gasteiger partial charge in [0.2, 0.25) is 0 Å². The largest absolute Gasteiger partial charge is 0.364 e. The number of alkyl halides is 1. The van der Waals surface area contributed by atoms with E-state index in [4.69, 9.17) is 11.6 Å². The zero-order valence-electron chi connectivity index (χ0n) is 9.27. The Kier molecular flexibility index (Phi) is 4.41. The fraction of sp³-hybridized carbons (Fsp3) is 0.545. The minimum absolute atomic E-state index is 0.0352. The van der Waals surface area contributed by atoms with Crippen molar-refractivity contribution >= 4 is 33.3 Å². The molecule has 1 aromatic rings. The number of nitrogens with zero attached hydrogens (tertiary/aromatic N) is 1.